The Hall–Kier alpha value is -4.97. The van der Waals surface area contributed by atoms with Crippen LogP contribution in [0.25, 0.3) is 0 Å². The van der Waals surface area contributed by atoms with Crippen molar-refractivity contribution < 1.29 is 28.6 Å². The van der Waals surface area contributed by atoms with Gasteiger partial charge in [-0.1, -0.05) is 192 Å². The first-order chi connectivity index (χ1) is 30.5. The maximum atomic E-state index is 12.7. The smallest absolute Gasteiger partial charge is 0.306 e. The van der Waals surface area contributed by atoms with E-state index < -0.39 is 6.10 Å². The normalized spacial score (nSPS) is 13.5. The minimum Gasteiger partial charge on any atom is -0.462 e. The monoisotopic (exact) mass is 851 g/mol. The fourth-order valence-electron chi connectivity index (χ4n) is 5.51. The van der Waals surface area contributed by atoms with Gasteiger partial charge in [-0.05, 0) is 103 Å². The molecule has 342 valence electrons. The molecular formula is C56H82O6. The van der Waals surface area contributed by atoms with Gasteiger partial charge in [0.2, 0.25) is 0 Å². The Morgan fingerprint density at radius 2 is 0.661 bits per heavy atom. The highest BCUT2D eigenvalue weighted by Crippen LogP contribution is 2.10. The molecule has 0 aliphatic rings. The second kappa shape index (κ2) is 48.7. The Labute approximate surface area is 378 Å². The Morgan fingerprint density at radius 1 is 0.339 bits per heavy atom. The minimum absolute atomic E-state index is 0.132. The molecule has 0 fully saturated rings. The van der Waals surface area contributed by atoms with Crippen LogP contribution >= 0.6 is 0 Å². The predicted molar refractivity (Wildman–Crippen MR) is 265 cm³/mol. The maximum Gasteiger partial charge on any atom is 0.306 e. The van der Waals surface area contributed by atoms with E-state index in [9.17, 15) is 14.4 Å². The zero-order valence-electron chi connectivity index (χ0n) is 38.8. The summed E-state index contributed by atoms with van der Waals surface area (Å²) in [5, 5.41) is 0. The lowest BCUT2D eigenvalue weighted by atomic mass is 10.1. The molecule has 0 bridgehead atoms. The number of hydrogen-bond acceptors (Lipinski definition) is 6. The summed E-state index contributed by atoms with van der Waals surface area (Å²) in [6.45, 7) is 6.11. The van der Waals surface area contributed by atoms with E-state index in [2.05, 4.69) is 106 Å². The quantitative estimate of drug-likeness (QED) is 0.0202. The van der Waals surface area contributed by atoms with Crippen molar-refractivity contribution in [3.8, 4) is 0 Å². The topological polar surface area (TPSA) is 78.9 Å². The molecule has 0 amide bonds. The average Bonchev–Trinajstić information content (AvgIpc) is 3.27. The van der Waals surface area contributed by atoms with Crippen LogP contribution in [0.2, 0.25) is 0 Å². The van der Waals surface area contributed by atoms with E-state index in [1.165, 1.54) is 0 Å². The molecule has 62 heavy (non-hydrogen) atoms. The number of ether oxygens (including phenoxy) is 3. The third kappa shape index (κ3) is 46.1. The molecule has 0 aliphatic heterocycles. The van der Waals surface area contributed by atoms with Gasteiger partial charge in [-0.3, -0.25) is 14.4 Å². The van der Waals surface area contributed by atoms with Crippen LogP contribution in [0.4, 0.5) is 0 Å². The van der Waals surface area contributed by atoms with Crippen LogP contribution in [0.15, 0.2) is 158 Å². The Morgan fingerprint density at radius 3 is 1.10 bits per heavy atom. The largest absolute Gasteiger partial charge is 0.462 e. The zero-order valence-corrected chi connectivity index (χ0v) is 38.8. The summed E-state index contributed by atoms with van der Waals surface area (Å²) >= 11 is 0. The summed E-state index contributed by atoms with van der Waals surface area (Å²) in [6, 6.07) is 0. The lowest BCUT2D eigenvalue weighted by Crippen LogP contribution is -2.30. The fraction of sp³-hybridized carbons (Fsp3) is 0.482. The number of carbonyl (C=O) groups excluding carboxylic acids is 3. The molecule has 0 aromatic heterocycles. The van der Waals surface area contributed by atoms with Crippen LogP contribution in [-0.2, 0) is 28.6 Å². The number of carbonyl (C=O) groups is 3. The molecule has 0 radical (unpaired) electrons. The molecule has 6 heteroatoms. The second-order valence-corrected chi connectivity index (χ2v) is 14.7. The van der Waals surface area contributed by atoms with E-state index in [1.54, 1.807) is 0 Å². The van der Waals surface area contributed by atoms with Gasteiger partial charge in [0, 0.05) is 19.3 Å². The van der Waals surface area contributed by atoms with Gasteiger partial charge in [-0.25, -0.2) is 0 Å². The molecule has 0 saturated heterocycles. The number of rotatable bonds is 39. The summed E-state index contributed by atoms with van der Waals surface area (Å²) in [4.78, 5) is 37.8. The summed E-state index contributed by atoms with van der Waals surface area (Å²) in [5.41, 5.74) is 0. The van der Waals surface area contributed by atoms with Gasteiger partial charge in [-0.15, -0.1) is 0 Å². The van der Waals surface area contributed by atoms with Crippen molar-refractivity contribution in [3.05, 3.63) is 158 Å². The number of hydrogen-bond donors (Lipinski definition) is 0. The van der Waals surface area contributed by atoms with Crippen molar-refractivity contribution >= 4 is 17.9 Å². The summed E-state index contributed by atoms with van der Waals surface area (Å²) in [7, 11) is 0. The molecule has 0 aromatic carbocycles. The molecule has 1 atom stereocenters. The highest BCUT2D eigenvalue weighted by atomic mass is 16.6. The minimum atomic E-state index is -0.833. The number of unbranched alkanes of at least 4 members (excludes halogenated alkanes) is 8. The second-order valence-electron chi connectivity index (χ2n) is 14.7. The van der Waals surface area contributed by atoms with E-state index in [0.717, 1.165) is 96.3 Å². The Bertz CT molecular complexity index is 1490. The predicted octanol–water partition coefficient (Wildman–Crippen LogP) is 15.5. The third-order valence-corrected chi connectivity index (χ3v) is 8.95. The molecule has 0 spiro atoms. The van der Waals surface area contributed by atoms with Gasteiger partial charge in [0.1, 0.15) is 13.2 Å². The molecular weight excluding hydrogens is 769 g/mol. The van der Waals surface area contributed by atoms with E-state index in [0.29, 0.717) is 19.3 Å². The summed E-state index contributed by atoms with van der Waals surface area (Å²) in [5.74, 6) is -1.06. The Balaban J connectivity index is 4.58. The third-order valence-electron chi connectivity index (χ3n) is 8.95. The number of esters is 3. The molecule has 0 aromatic rings. The van der Waals surface area contributed by atoms with Crippen molar-refractivity contribution in [2.24, 2.45) is 0 Å². The van der Waals surface area contributed by atoms with Gasteiger partial charge in [0.05, 0.1) is 0 Å². The van der Waals surface area contributed by atoms with Gasteiger partial charge in [-0.2, -0.15) is 0 Å². The molecule has 0 saturated carbocycles. The van der Waals surface area contributed by atoms with Crippen molar-refractivity contribution in [1.82, 2.24) is 0 Å². The summed E-state index contributed by atoms with van der Waals surface area (Å²) < 4.78 is 16.6. The summed E-state index contributed by atoms with van der Waals surface area (Å²) in [6.07, 6.45) is 70.9. The molecule has 6 nitrogen and oxygen atoms in total. The number of allylic oxidation sites excluding steroid dienone is 26. The Kier molecular flexibility index (Phi) is 44.8. The van der Waals surface area contributed by atoms with E-state index in [1.807, 2.05) is 72.9 Å². The average molecular weight is 851 g/mol. The first kappa shape index (κ1) is 57.0. The fourth-order valence-corrected chi connectivity index (χ4v) is 5.51. The van der Waals surface area contributed by atoms with Crippen LogP contribution in [-0.4, -0.2) is 37.2 Å². The van der Waals surface area contributed by atoms with Crippen LogP contribution in [0.5, 0.6) is 0 Å². The van der Waals surface area contributed by atoms with Crippen molar-refractivity contribution in [3.63, 3.8) is 0 Å². The molecule has 0 aliphatic carbocycles. The molecule has 0 heterocycles. The first-order valence-electron chi connectivity index (χ1n) is 23.6. The zero-order chi connectivity index (χ0) is 45.1. The highest BCUT2D eigenvalue weighted by molar-refractivity contribution is 5.71. The van der Waals surface area contributed by atoms with Gasteiger partial charge in [0.25, 0.3) is 0 Å². The lowest BCUT2D eigenvalue weighted by Gasteiger charge is -2.18. The molecule has 1 unspecified atom stereocenters. The molecule has 0 rings (SSSR count). The van der Waals surface area contributed by atoms with Crippen LogP contribution in [0.1, 0.15) is 156 Å². The van der Waals surface area contributed by atoms with Crippen LogP contribution in [0.3, 0.4) is 0 Å². The standard InChI is InChI=1S/C56H82O6/c1-4-7-10-13-16-19-21-23-25-27-28-29-31-32-34-37-40-43-46-49-55(58)61-52-53(51-60-54(57)48-45-42-39-36-18-15-12-9-6-3)62-56(59)50-47-44-41-38-35-33-30-26-24-22-20-17-14-11-8-5-2/h7-13,16-21,23-29,31-36,53H,4-6,14-15,22,30,37-52H2,1-3H3/b10-7-,11-8-,12-9-,16-13-,20-17-,21-19-,25-23-,26-24-,28-27+,31-29-,34-32-,35-33-,36-18-. The van der Waals surface area contributed by atoms with Gasteiger partial charge in [0.15, 0.2) is 6.10 Å². The van der Waals surface area contributed by atoms with Gasteiger partial charge >= 0.3 is 17.9 Å². The SMILES string of the molecule is CC\C=C/C=C\C=C/C=C\C=C\C=C/C=C\CCCCCC(=O)OCC(COC(=O)CCCC/C=C\C/C=C\CC)OC(=O)CCCCC/C=C\C/C=C\C/C=C\C/C=C\CC. The van der Waals surface area contributed by atoms with Crippen molar-refractivity contribution in [2.75, 3.05) is 13.2 Å². The highest BCUT2D eigenvalue weighted by Gasteiger charge is 2.19. The van der Waals surface area contributed by atoms with Crippen molar-refractivity contribution in [2.45, 2.75) is 162 Å². The van der Waals surface area contributed by atoms with Crippen LogP contribution < -0.4 is 0 Å². The van der Waals surface area contributed by atoms with Crippen molar-refractivity contribution in [1.29, 1.82) is 0 Å². The van der Waals surface area contributed by atoms with E-state index in [4.69, 9.17) is 14.2 Å². The maximum absolute atomic E-state index is 12.7. The first-order valence-corrected chi connectivity index (χ1v) is 23.6. The van der Waals surface area contributed by atoms with E-state index >= 15 is 0 Å². The van der Waals surface area contributed by atoms with E-state index in [-0.39, 0.29) is 50.4 Å². The lowest BCUT2D eigenvalue weighted by molar-refractivity contribution is -0.167. The van der Waals surface area contributed by atoms with Gasteiger partial charge < -0.3 is 14.2 Å². The molecule has 0 N–H and O–H groups in total. The van der Waals surface area contributed by atoms with Crippen LogP contribution in [0, 0.1) is 0 Å².